The summed E-state index contributed by atoms with van der Waals surface area (Å²) in [6.07, 6.45) is 0.816. The van der Waals surface area contributed by atoms with Gasteiger partial charge in [0, 0.05) is 5.54 Å². The Morgan fingerprint density at radius 3 is 2.27 bits per heavy atom. The maximum atomic E-state index is 9.88. The lowest BCUT2D eigenvalue weighted by Crippen LogP contribution is -2.34. The third-order valence-electron chi connectivity index (χ3n) is 2.29. The van der Waals surface area contributed by atoms with Crippen LogP contribution in [0.25, 0.3) is 0 Å². The molecule has 0 fully saturated rings. The predicted octanol–water partition coefficient (Wildman–Crippen LogP) is 2.19. The first-order valence-corrected chi connectivity index (χ1v) is 5.29. The van der Waals surface area contributed by atoms with Crippen LogP contribution in [0, 0.1) is 0 Å². The summed E-state index contributed by atoms with van der Waals surface area (Å²) in [5.74, 6) is 0. The number of rotatable bonds is 3. The van der Waals surface area contributed by atoms with Crippen molar-refractivity contribution in [2.45, 2.75) is 45.3 Å². The number of hydrogen-bond acceptors (Lipinski definition) is 2. The van der Waals surface area contributed by atoms with Crippen molar-refractivity contribution in [2.75, 3.05) is 0 Å². The van der Waals surface area contributed by atoms with Crippen molar-refractivity contribution in [3.05, 3.63) is 35.4 Å². The van der Waals surface area contributed by atoms with Crippen LogP contribution in [0.15, 0.2) is 24.3 Å². The van der Waals surface area contributed by atoms with Crippen LogP contribution >= 0.6 is 0 Å². The smallest absolute Gasteiger partial charge is 0.0840 e. The van der Waals surface area contributed by atoms with E-state index < -0.39 is 5.60 Å². The molecule has 0 aromatic heterocycles. The van der Waals surface area contributed by atoms with Crippen LogP contribution in [-0.2, 0) is 12.0 Å². The minimum Gasteiger partial charge on any atom is -0.386 e. The van der Waals surface area contributed by atoms with Gasteiger partial charge in [-0.15, -0.1) is 0 Å². The molecule has 0 atom stereocenters. The van der Waals surface area contributed by atoms with Crippen LogP contribution in [0.4, 0.5) is 0 Å². The molecule has 0 heterocycles. The molecule has 0 spiro atoms. The van der Waals surface area contributed by atoms with Crippen LogP contribution in [0.2, 0.25) is 0 Å². The third-order valence-corrected chi connectivity index (χ3v) is 2.29. The molecule has 1 aromatic rings. The highest BCUT2D eigenvalue weighted by Crippen LogP contribution is 2.21. The summed E-state index contributed by atoms with van der Waals surface area (Å²) in [5.41, 5.74) is 7.07. The molecule has 0 bridgehead atoms. The number of benzene rings is 1. The Kier molecular flexibility index (Phi) is 3.22. The van der Waals surface area contributed by atoms with Gasteiger partial charge in [-0.1, -0.05) is 24.3 Å². The molecule has 0 aliphatic heterocycles. The van der Waals surface area contributed by atoms with Gasteiger partial charge in [0.25, 0.3) is 0 Å². The second-order valence-electron chi connectivity index (χ2n) is 5.42. The monoisotopic (exact) mass is 207 g/mol. The van der Waals surface area contributed by atoms with Gasteiger partial charge in [0.1, 0.15) is 0 Å². The highest BCUT2D eigenvalue weighted by atomic mass is 16.3. The van der Waals surface area contributed by atoms with Crippen molar-refractivity contribution in [3.63, 3.8) is 0 Å². The van der Waals surface area contributed by atoms with Crippen molar-refractivity contribution >= 4 is 0 Å². The van der Waals surface area contributed by atoms with E-state index in [-0.39, 0.29) is 5.54 Å². The van der Waals surface area contributed by atoms with Gasteiger partial charge >= 0.3 is 0 Å². The number of aliphatic hydroxyl groups is 1. The van der Waals surface area contributed by atoms with E-state index in [4.69, 9.17) is 5.73 Å². The van der Waals surface area contributed by atoms with E-state index >= 15 is 0 Å². The molecule has 3 N–H and O–H groups in total. The average molecular weight is 207 g/mol. The van der Waals surface area contributed by atoms with Gasteiger partial charge in [0.2, 0.25) is 0 Å². The summed E-state index contributed by atoms with van der Waals surface area (Å²) in [6, 6.07) is 7.97. The van der Waals surface area contributed by atoms with Gasteiger partial charge in [0.05, 0.1) is 5.60 Å². The van der Waals surface area contributed by atoms with Crippen molar-refractivity contribution in [3.8, 4) is 0 Å². The van der Waals surface area contributed by atoms with E-state index in [9.17, 15) is 5.11 Å². The molecule has 0 aliphatic carbocycles. The van der Waals surface area contributed by atoms with Gasteiger partial charge in [-0.25, -0.2) is 0 Å². The van der Waals surface area contributed by atoms with Crippen molar-refractivity contribution in [1.82, 2.24) is 0 Å². The van der Waals surface area contributed by atoms with Crippen LogP contribution in [0.1, 0.15) is 38.8 Å². The van der Waals surface area contributed by atoms with Crippen molar-refractivity contribution in [2.24, 2.45) is 5.73 Å². The summed E-state index contributed by atoms with van der Waals surface area (Å²) >= 11 is 0. The molecule has 1 aromatic carbocycles. The van der Waals surface area contributed by atoms with Crippen LogP contribution < -0.4 is 5.73 Å². The normalized spacial score (nSPS) is 12.9. The van der Waals surface area contributed by atoms with Gasteiger partial charge in [-0.2, -0.15) is 0 Å². The zero-order valence-electron chi connectivity index (χ0n) is 10.0. The van der Waals surface area contributed by atoms with E-state index in [0.717, 1.165) is 12.0 Å². The molecule has 0 amide bonds. The van der Waals surface area contributed by atoms with E-state index in [0.29, 0.717) is 0 Å². The lowest BCUT2D eigenvalue weighted by atomic mass is 9.91. The molecule has 0 unspecified atom stereocenters. The molecule has 2 nitrogen and oxygen atoms in total. The summed E-state index contributed by atoms with van der Waals surface area (Å²) in [5, 5.41) is 9.88. The largest absolute Gasteiger partial charge is 0.386 e. The summed E-state index contributed by atoms with van der Waals surface area (Å²) in [7, 11) is 0. The summed E-state index contributed by atoms with van der Waals surface area (Å²) in [6.45, 7) is 7.59. The van der Waals surface area contributed by atoms with Gasteiger partial charge < -0.3 is 10.8 Å². The van der Waals surface area contributed by atoms with E-state index in [1.54, 1.807) is 13.8 Å². The van der Waals surface area contributed by atoms with Gasteiger partial charge in [0.15, 0.2) is 0 Å². The maximum Gasteiger partial charge on any atom is 0.0840 e. The highest BCUT2D eigenvalue weighted by molar-refractivity contribution is 5.28. The first kappa shape index (κ1) is 12.2. The Morgan fingerprint density at radius 2 is 1.80 bits per heavy atom. The second-order valence-corrected chi connectivity index (χ2v) is 5.42. The molecular weight excluding hydrogens is 186 g/mol. The first-order chi connectivity index (χ1) is 6.68. The third kappa shape index (κ3) is 4.02. The molecule has 0 radical (unpaired) electrons. The maximum absolute atomic E-state index is 9.88. The van der Waals surface area contributed by atoms with Crippen molar-refractivity contribution in [1.29, 1.82) is 0 Å². The highest BCUT2D eigenvalue weighted by Gasteiger charge is 2.17. The fourth-order valence-electron chi connectivity index (χ4n) is 1.59. The van der Waals surface area contributed by atoms with Gasteiger partial charge in [-0.05, 0) is 45.2 Å². The Morgan fingerprint density at radius 1 is 1.20 bits per heavy atom. The molecule has 84 valence electrons. The van der Waals surface area contributed by atoms with Crippen LogP contribution in [0.5, 0.6) is 0 Å². The Balaban J connectivity index is 2.94. The molecule has 15 heavy (non-hydrogen) atoms. The molecule has 0 saturated heterocycles. The first-order valence-electron chi connectivity index (χ1n) is 5.29. The zero-order chi connectivity index (χ0) is 11.7. The van der Waals surface area contributed by atoms with E-state index in [1.165, 1.54) is 5.56 Å². The minimum atomic E-state index is -0.783. The SMILES string of the molecule is CC(C)(N)Cc1cccc(C(C)(C)O)c1. The lowest BCUT2D eigenvalue weighted by Gasteiger charge is -2.22. The minimum absolute atomic E-state index is 0.210. The topological polar surface area (TPSA) is 46.2 Å². The molecule has 2 heteroatoms. The molecule has 0 saturated carbocycles. The Bertz CT molecular complexity index is 331. The molecule has 0 aliphatic rings. The standard InChI is InChI=1S/C13H21NO/c1-12(2,14)9-10-6-5-7-11(8-10)13(3,4)15/h5-8,15H,9,14H2,1-4H3. The summed E-state index contributed by atoms with van der Waals surface area (Å²) in [4.78, 5) is 0. The Labute approximate surface area is 92.1 Å². The van der Waals surface area contributed by atoms with Crippen LogP contribution in [0.3, 0.4) is 0 Å². The number of hydrogen-bond donors (Lipinski definition) is 2. The lowest BCUT2D eigenvalue weighted by molar-refractivity contribution is 0.0785. The number of nitrogens with two attached hydrogens (primary N) is 1. The second kappa shape index (κ2) is 3.95. The van der Waals surface area contributed by atoms with Crippen LogP contribution in [-0.4, -0.2) is 10.6 Å². The zero-order valence-corrected chi connectivity index (χ0v) is 10.0. The molecular formula is C13H21NO. The van der Waals surface area contributed by atoms with E-state index in [2.05, 4.69) is 0 Å². The van der Waals surface area contributed by atoms with Crippen molar-refractivity contribution < 1.29 is 5.11 Å². The predicted molar refractivity (Wildman–Crippen MR) is 63.7 cm³/mol. The quantitative estimate of drug-likeness (QED) is 0.798. The van der Waals surface area contributed by atoms with E-state index in [1.807, 2.05) is 38.1 Å². The summed E-state index contributed by atoms with van der Waals surface area (Å²) < 4.78 is 0. The molecule has 1 rings (SSSR count). The Hall–Kier alpha value is -0.860. The average Bonchev–Trinajstić information content (AvgIpc) is 1.99. The van der Waals surface area contributed by atoms with Gasteiger partial charge in [-0.3, -0.25) is 0 Å². The fourth-order valence-corrected chi connectivity index (χ4v) is 1.59. The fraction of sp³-hybridized carbons (Fsp3) is 0.538.